The Morgan fingerprint density at radius 3 is 2.23 bits per heavy atom. The quantitative estimate of drug-likeness (QED) is 0.498. The number of piperidine rings is 2. The Labute approximate surface area is 184 Å². The molecule has 0 saturated carbocycles. The van der Waals surface area contributed by atoms with Gasteiger partial charge in [-0.25, -0.2) is 0 Å². The summed E-state index contributed by atoms with van der Waals surface area (Å²) in [6, 6.07) is 0. The molecular weight excluding hydrogens is 376 g/mol. The second-order valence-electron chi connectivity index (χ2n) is 10.8. The minimum absolute atomic E-state index is 0.679. The van der Waals surface area contributed by atoms with E-state index < -0.39 is 0 Å². The van der Waals surface area contributed by atoms with E-state index in [1.807, 2.05) is 7.11 Å². The van der Waals surface area contributed by atoms with Crippen LogP contribution in [-0.4, -0.2) is 126 Å². The van der Waals surface area contributed by atoms with Crippen LogP contribution in [0.15, 0.2) is 0 Å². The summed E-state index contributed by atoms with van der Waals surface area (Å²) in [5, 5.41) is 0. The van der Waals surface area contributed by atoms with E-state index in [1.165, 1.54) is 97.6 Å². The molecule has 6 nitrogen and oxygen atoms in total. The van der Waals surface area contributed by atoms with E-state index in [1.54, 1.807) is 0 Å². The lowest BCUT2D eigenvalue weighted by Crippen LogP contribution is -2.59. The minimum atomic E-state index is 0.679. The van der Waals surface area contributed by atoms with Gasteiger partial charge in [-0.05, 0) is 82.6 Å². The van der Waals surface area contributed by atoms with Gasteiger partial charge >= 0.3 is 0 Å². The van der Waals surface area contributed by atoms with Gasteiger partial charge in [-0.15, -0.1) is 0 Å². The van der Waals surface area contributed by atoms with Gasteiger partial charge in [-0.3, -0.25) is 0 Å². The largest absolute Gasteiger partial charge is 0.384 e. The topological polar surface area (TPSA) is 31.4 Å². The summed E-state index contributed by atoms with van der Waals surface area (Å²) < 4.78 is 11.4. The maximum absolute atomic E-state index is 6.11. The van der Waals surface area contributed by atoms with Crippen LogP contribution in [0, 0.1) is 17.3 Å². The number of ether oxygens (including phenoxy) is 2. The Morgan fingerprint density at radius 2 is 1.50 bits per heavy atom. The molecule has 0 aliphatic carbocycles. The van der Waals surface area contributed by atoms with Crippen molar-refractivity contribution < 1.29 is 9.47 Å². The average molecular weight is 423 g/mol. The van der Waals surface area contributed by atoms with Gasteiger partial charge in [0.05, 0.1) is 19.8 Å². The van der Waals surface area contributed by atoms with E-state index in [4.69, 9.17) is 9.47 Å². The van der Waals surface area contributed by atoms with Crippen LogP contribution in [0.1, 0.15) is 32.1 Å². The van der Waals surface area contributed by atoms with Gasteiger partial charge in [0.15, 0.2) is 0 Å². The van der Waals surface area contributed by atoms with Crippen LogP contribution in [0.2, 0.25) is 0 Å². The molecule has 2 atom stereocenters. The van der Waals surface area contributed by atoms with Crippen LogP contribution in [0.3, 0.4) is 0 Å². The van der Waals surface area contributed by atoms with Crippen LogP contribution < -0.4 is 0 Å². The standard InChI is InChI=1S/C24H46N4O2/c1-25-20-24(21-25)6-10-26(11-7-24)12-13-27-8-3-4-22(16-27)19-30-15-14-28-9-5-23(17-28)18-29-2/h22-23H,3-21H2,1-2H3. The summed E-state index contributed by atoms with van der Waals surface area (Å²) in [5.41, 5.74) is 0.679. The molecule has 4 aliphatic rings. The SMILES string of the molecule is COCC1CCN(CCOCC2CCCN(CCN3CCC4(CC3)CN(C)C4)C2)C1. The van der Waals surface area contributed by atoms with Crippen molar-refractivity contribution in [2.24, 2.45) is 17.3 Å². The summed E-state index contributed by atoms with van der Waals surface area (Å²) >= 11 is 0. The summed E-state index contributed by atoms with van der Waals surface area (Å²) in [7, 11) is 4.08. The molecule has 1 spiro atoms. The van der Waals surface area contributed by atoms with E-state index >= 15 is 0 Å². The fraction of sp³-hybridized carbons (Fsp3) is 1.00. The fourth-order valence-corrected chi connectivity index (χ4v) is 6.37. The van der Waals surface area contributed by atoms with E-state index in [0.717, 1.165) is 38.2 Å². The van der Waals surface area contributed by atoms with Crippen molar-refractivity contribution in [1.29, 1.82) is 0 Å². The molecule has 0 aromatic heterocycles. The molecule has 6 heteroatoms. The smallest absolute Gasteiger partial charge is 0.0593 e. The van der Waals surface area contributed by atoms with Gasteiger partial charge in [-0.2, -0.15) is 0 Å². The number of hydrogen-bond donors (Lipinski definition) is 0. The van der Waals surface area contributed by atoms with E-state index in [9.17, 15) is 0 Å². The van der Waals surface area contributed by atoms with Crippen molar-refractivity contribution in [3.05, 3.63) is 0 Å². The first-order chi connectivity index (χ1) is 14.6. The van der Waals surface area contributed by atoms with Gasteiger partial charge in [0.25, 0.3) is 0 Å². The van der Waals surface area contributed by atoms with Gasteiger partial charge in [0.1, 0.15) is 0 Å². The Hall–Kier alpha value is -0.240. The second kappa shape index (κ2) is 11.1. The summed E-state index contributed by atoms with van der Waals surface area (Å²) in [5.74, 6) is 1.45. The van der Waals surface area contributed by atoms with Crippen LogP contribution in [-0.2, 0) is 9.47 Å². The lowest BCUT2D eigenvalue weighted by Gasteiger charge is -2.53. The van der Waals surface area contributed by atoms with Crippen LogP contribution in [0.4, 0.5) is 0 Å². The molecule has 4 aliphatic heterocycles. The number of nitrogens with zero attached hydrogens (tertiary/aromatic N) is 4. The summed E-state index contributed by atoms with van der Waals surface area (Å²) in [4.78, 5) is 10.4. The Kier molecular flexibility index (Phi) is 8.46. The molecule has 30 heavy (non-hydrogen) atoms. The average Bonchev–Trinajstić information content (AvgIpc) is 3.18. The molecule has 4 rings (SSSR count). The highest BCUT2D eigenvalue weighted by atomic mass is 16.5. The summed E-state index contributed by atoms with van der Waals surface area (Å²) in [6.07, 6.45) is 6.79. The molecule has 4 heterocycles. The van der Waals surface area contributed by atoms with Crippen LogP contribution in [0.5, 0.6) is 0 Å². The van der Waals surface area contributed by atoms with Gasteiger partial charge < -0.3 is 29.1 Å². The molecule has 0 bridgehead atoms. The van der Waals surface area contributed by atoms with Crippen molar-refractivity contribution in [2.45, 2.75) is 32.1 Å². The van der Waals surface area contributed by atoms with Crippen molar-refractivity contribution in [1.82, 2.24) is 19.6 Å². The lowest BCUT2D eigenvalue weighted by molar-refractivity contribution is -0.0334. The summed E-state index contributed by atoms with van der Waals surface area (Å²) in [6.45, 7) is 16.6. The number of hydrogen-bond acceptors (Lipinski definition) is 6. The predicted octanol–water partition coefficient (Wildman–Crippen LogP) is 1.71. The molecule has 4 saturated heterocycles. The molecule has 4 fully saturated rings. The molecule has 0 aromatic rings. The molecule has 0 N–H and O–H groups in total. The normalized spacial score (nSPS) is 31.4. The van der Waals surface area contributed by atoms with Crippen molar-refractivity contribution >= 4 is 0 Å². The molecule has 0 aromatic carbocycles. The highest BCUT2D eigenvalue weighted by Crippen LogP contribution is 2.39. The zero-order valence-corrected chi connectivity index (χ0v) is 19.7. The second-order valence-corrected chi connectivity index (χ2v) is 10.8. The van der Waals surface area contributed by atoms with E-state index in [0.29, 0.717) is 5.41 Å². The third-order valence-corrected chi connectivity index (χ3v) is 8.14. The Morgan fingerprint density at radius 1 is 0.800 bits per heavy atom. The Bertz CT molecular complexity index is 503. The third kappa shape index (κ3) is 6.39. The van der Waals surface area contributed by atoms with E-state index in [-0.39, 0.29) is 0 Å². The fourth-order valence-electron chi connectivity index (χ4n) is 6.37. The minimum Gasteiger partial charge on any atom is -0.384 e. The first kappa shape index (κ1) is 22.9. The Balaban J connectivity index is 1.05. The van der Waals surface area contributed by atoms with Gasteiger partial charge in [0.2, 0.25) is 0 Å². The van der Waals surface area contributed by atoms with Crippen LogP contribution >= 0.6 is 0 Å². The first-order valence-corrected chi connectivity index (χ1v) is 12.6. The number of likely N-dealkylation sites (tertiary alicyclic amines) is 4. The maximum Gasteiger partial charge on any atom is 0.0593 e. The monoisotopic (exact) mass is 422 g/mol. The number of methoxy groups -OCH3 is 1. The first-order valence-electron chi connectivity index (χ1n) is 12.6. The lowest BCUT2D eigenvalue weighted by atomic mass is 9.72. The van der Waals surface area contributed by atoms with Crippen LogP contribution in [0.25, 0.3) is 0 Å². The zero-order chi connectivity index (χ0) is 20.8. The molecule has 174 valence electrons. The highest BCUT2D eigenvalue weighted by molar-refractivity contribution is 4.97. The van der Waals surface area contributed by atoms with Crippen molar-refractivity contribution in [3.8, 4) is 0 Å². The van der Waals surface area contributed by atoms with Gasteiger partial charge in [-0.1, -0.05) is 0 Å². The molecule has 2 unspecified atom stereocenters. The highest BCUT2D eigenvalue weighted by Gasteiger charge is 2.42. The maximum atomic E-state index is 6.11. The molecule has 0 amide bonds. The van der Waals surface area contributed by atoms with E-state index in [2.05, 4.69) is 26.6 Å². The van der Waals surface area contributed by atoms with Crippen molar-refractivity contribution in [2.75, 3.05) is 106 Å². The zero-order valence-electron chi connectivity index (χ0n) is 19.7. The molecular formula is C24H46N4O2. The number of rotatable bonds is 10. The third-order valence-electron chi connectivity index (χ3n) is 8.14. The van der Waals surface area contributed by atoms with Gasteiger partial charge in [0, 0.05) is 52.9 Å². The van der Waals surface area contributed by atoms with Crippen molar-refractivity contribution in [3.63, 3.8) is 0 Å². The predicted molar refractivity (Wildman–Crippen MR) is 122 cm³/mol. The molecule has 0 radical (unpaired) electrons.